The number of carbonyl (C=O) groups is 2. The first-order chi connectivity index (χ1) is 9.97. The number of carboxylic acids is 1. The molecule has 0 radical (unpaired) electrons. The van der Waals surface area contributed by atoms with E-state index in [1.807, 2.05) is 0 Å². The predicted octanol–water partition coefficient (Wildman–Crippen LogP) is 0.712. The van der Waals surface area contributed by atoms with Gasteiger partial charge in [-0.2, -0.15) is 0 Å². The second-order valence-corrected chi connectivity index (χ2v) is 4.14. The Hall–Kier alpha value is -2.93. The molecule has 0 spiro atoms. The van der Waals surface area contributed by atoms with Crippen LogP contribution in [0.2, 0.25) is 0 Å². The van der Waals surface area contributed by atoms with Crippen LogP contribution >= 0.6 is 0 Å². The lowest BCUT2D eigenvalue weighted by Crippen LogP contribution is -2.12. The van der Waals surface area contributed by atoms with E-state index in [0.29, 0.717) is 0 Å². The first-order valence-corrected chi connectivity index (χ1v) is 5.89. The standard InChI is InChI=1S/C14H11NO6/c16-11-6-3-9(7-15-11)14(20)21-10-4-1-8(2-5-10)12(17)13(18)19/h1-7,12,17H,(H,15,16)(H,18,19)/t12-/m0/s1. The Labute approximate surface area is 118 Å². The minimum Gasteiger partial charge on any atom is -0.479 e. The summed E-state index contributed by atoms with van der Waals surface area (Å²) in [6.07, 6.45) is -0.401. The van der Waals surface area contributed by atoms with E-state index in [0.717, 1.165) is 0 Å². The molecule has 1 heterocycles. The summed E-state index contributed by atoms with van der Waals surface area (Å²) in [4.78, 5) is 35.6. The first kappa shape index (κ1) is 14.5. The third-order valence-corrected chi connectivity index (χ3v) is 2.66. The summed E-state index contributed by atoms with van der Waals surface area (Å²) in [5.74, 6) is -1.85. The molecule has 1 aromatic carbocycles. The molecule has 0 aliphatic heterocycles. The minimum absolute atomic E-state index is 0.171. The van der Waals surface area contributed by atoms with Crippen LogP contribution in [0.15, 0.2) is 47.4 Å². The van der Waals surface area contributed by atoms with Crippen molar-refractivity contribution in [3.63, 3.8) is 0 Å². The summed E-state index contributed by atoms with van der Waals surface area (Å²) in [5, 5.41) is 18.0. The molecule has 0 bridgehead atoms. The molecular weight excluding hydrogens is 278 g/mol. The molecule has 0 aliphatic rings. The van der Waals surface area contributed by atoms with Crippen LogP contribution < -0.4 is 10.3 Å². The molecule has 0 amide bonds. The minimum atomic E-state index is -1.63. The van der Waals surface area contributed by atoms with Crippen molar-refractivity contribution in [2.75, 3.05) is 0 Å². The predicted molar refractivity (Wildman–Crippen MR) is 71.1 cm³/mol. The molecule has 7 heteroatoms. The highest BCUT2D eigenvalue weighted by Gasteiger charge is 2.16. The van der Waals surface area contributed by atoms with Crippen molar-refractivity contribution in [3.8, 4) is 5.75 Å². The van der Waals surface area contributed by atoms with Crippen molar-refractivity contribution in [3.05, 3.63) is 64.1 Å². The molecule has 1 atom stereocenters. The molecule has 108 valence electrons. The van der Waals surface area contributed by atoms with Crippen LogP contribution in [0, 0.1) is 0 Å². The van der Waals surface area contributed by atoms with Gasteiger partial charge in [0.1, 0.15) is 5.75 Å². The summed E-state index contributed by atoms with van der Waals surface area (Å²) in [6.45, 7) is 0. The molecular formula is C14H11NO6. The Bertz CT molecular complexity index is 698. The Morgan fingerprint density at radius 2 is 1.76 bits per heavy atom. The van der Waals surface area contributed by atoms with Crippen molar-refractivity contribution in [2.45, 2.75) is 6.10 Å². The van der Waals surface area contributed by atoms with E-state index in [-0.39, 0.29) is 22.4 Å². The number of rotatable bonds is 4. The maximum absolute atomic E-state index is 11.8. The van der Waals surface area contributed by atoms with Crippen molar-refractivity contribution < 1.29 is 24.5 Å². The van der Waals surface area contributed by atoms with Crippen molar-refractivity contribution in [1.29, 1.82) is 0 Å². The zero-order valence-corrected chi connectivity index (χ0v) is 10.6. The fraction of sp³-hybridized carbons (Fsp3) is 0.0714. The Morgan fingerprint density at radius 3 is 2.29 bits per heavy atom. The van der Waals surface area contributed by atoms with Crippen LogP contribution in [-0.2, 0) is 4.79 Å². The molecule has 2 aromatic rings. The molecule has 0 aliphatic carbocycles. The fourth-order valence-electron chi connectivity index (χ4n) is 1.56. The number of aromatic nitrogens is 1. The highest BCUT2D eigenvalue weighted by molar-refractivity contribution is 5.90. The van der Waals surface area contributed by atoms with E-state index >= 15 is 0 Å². The van der Waals surface area contributed by atoms with Gasteiger partial charge in [-0.15, -0.1) is 0 Å². The number of ether oxygens (including phenoxy) is 1. The topological polar surface area (TPSA) is 117 Å². The number of aliphatic carboxylic acids is 1. The lowest BCUT2D eigenvalue weighted by Gasteiger charge is -2.07. The number of carbonyl (C=O) groups excluding carboxylic acids is 1. The zero-order valence-electron chi connectivity index (χ0n) is 10.6. The fourth-order valence-corrected chi connectivity index (χ4v) is 1.56. The first-order valence-electron chi connectivity index (χ1n) is 5.89. The lowest BCUT2D eigenvalue weighted by atomic mass is 10.1. The van der Waals surface area contributed by atoms with Crippen LogP contribution in [0.4, 0.5) is 0 Å². The van der Waals surface area contributed by atoms with Gasteiger partial charge in [-0.3, -0.25) is 4.79 Å². The summed E-state index contributed by atoms with van der Waals surface area (Å²) in [5.41, 5.74) is 0.00847. The van der Waals surface area contributed by atoms with Crippen molar-refractivity contribution >= 4 is 11.9 Å². The highest BCUT2D eigenvalue weighted by atomic mass is 16.5. The number of pyridine rings is 1. The lowest BCUT2D eigenvalue weighted by molar-refractivity contribution is -0.146. The number of aliphatic hydroxyl groups excluding tert-OH is 1. The van der Waals surface area contributed by atoms with Crippen LogP contribution in [0.1, 0.15) is 22.0 Å². The number of esters is 1. The second kappa shape index (κ2) is 6.02. The van der Waals surface area contributed by atoms with Gasteiger partial charge < -0.3 is 19.9 Å². The number of aliphatic hydroxyl groups is 1. The van der Waals surface area contributed by atoms with Gasteiger partial charge in [0, 0.05) is 12.3 Å². The van der Waals surface area contributed by atoms with E-state index in [4.69, 9.17) is 9.84 Å². The average Bonchev–Trinajstić information content (AvgIpc) is 2.47. The summed E-state index contributed by atoms with van der Waals surface area (Å²) < 4.78 is 5.05. The molecule has 0 saturated carbocycles. The highest BCUT2D eigenvalue weighted by Crippen LogP contribution is 2.18. The van der Waals surface area contributed by atoms with Gasteiger partial charge in [0.25, 0.3) is 0 Å². The number of H-pyrrole nitrogens is 1. The normalized spacial score (nSPS) is 11.7. The number of hydrogen-bond acceptors (Lipinski definition) is 5. The zero-order chi connectivity index (χ0) is 15.4. The summed E-state index contributed by atoms with van der Waals surface area (Å²) in [6, 6.07) is 7.94. The third-order valence-electron chi connectivity index (χ3n) is 2.66. The largest absolute Gasteiger partial charge is 0.479 e. The number of hydrogen-bond donors (Lipinski definition) is 3. The Kier molecular flexibility index (Phi) is 4.15. The molecule has 0 saturated heterocycles. The summed E-state index contributed by atoms with van der Waals surface area (Å²) >= 11 is 0. The monoisotopic (exact) mass is 289 g/mol. The molecule has 7 nitrogen and oxygen atoms in total. The molecule has 1 aromatic heterocycles. The molecule has 2 rings (SSSR count). The average molecular weight is 289 g/mol. The maximum atomic E-state index is 11.8. The van der Waals surface area contributed by atoms with Crippen molar-refractivity contribution in [1.82, 2.24) is 4.98 Å². The summed E-state index contributed by atoms with van der Waals surface area (Å²) in [7, 11) is 0. The number of nitrogens with one attached hydrogen (secondary N) is 1. The van der Waals surface area contributed by atoms with Gasteiger partial charge in [0.05, 0.1) is 5.56 Å². The van der Waals surface area contributed by atoms with Gasteiger partial charge in [0.15, 0.2) is 6.10 Å². The number of aromatic amines is 1. The van der Waals surface area contributed by atoms with Crippen LogP contribution in [0.5, 0.6) is 5.75 Å². The van der Waals surface area contributed by atoms with Crippen LogP contribution in [0.25, 0.3) is 0 Å². The second-order valence-electron chi connectivity index (χ2n) is 4.14. The van der Waals surface area contributed by atoms with Crippen LogP contribution in [0.3, 0.4) is 0 Å². The Balaban J connectivity index is 2.09. The Morgan fingerprint density at radius 1 is 1.10 bits per heavy atom. The van der Waals surface area contributed by atoms with Gasteiger partial charge in [-0.05, 0) is 23.8 Å². The van der Waals surface area contributed by atoms with Gasteiger partial charge in [-0.1, -0.05) is 12.1 Å². The molecule has 21 heavy (non-hydrogen) atoms. The molecule has 0 fully saturated rings. The van der Waals surface area contributed by atoms with Crippen molar-refractivity contribution in [2.24, 2.45) is 0 Å². The number of benzene rings is 1. The maximum Gasteiger partial charge on any atom is 0.345 e. The van der Waals surface area contributed by atoms with Gasteiger partial charge in [0.2, 0.25) is 5.56 Å². The van der Waals surface area contributed by atoms with E-state index in [9.17, 15) is 19.5 Å². The van der Waals surface area contributed by atoms with Gasteiger partial charge in [-0.25, -0.2) is 9.59 Å². The van der Waals surface area contributed by atoms with E-state index in [1.165, 1.54) is 42.6 Å². The van der Waals surface area contributed by atoms with E-state index in [2.05, 4.69) is 4.98 Å². The molecule has 0 unspecified atom stereocenters. The van der Waals surface area contributed by atoms with Gasteiger partial charge >= 0.3 is 11.9 Å². The van der Waals surface area contributed by atoms with Crippen LogP contribution in [-0.4, -0.2) is 27.1 Å². The quantitative estimate of drug-likeness (QED) is 0.564. The smallest absolute Gasteiger partial charge is 0.345 e. The third kappa shape index (κ3) is 3.54. The SMILES string of the molecule is O=C(Oc1ccc([C@H](O)C(=O)O)cc1)c1ccc(=O)[nH]c1. The molecule has 3 N–H and O–H groups in total. The van der Waals surface area contributed by atoms with E-state index < -0.39 is 18.0 Å². The van der Waals surface area contributed by atoms with E-state index in [1.54, 1.807) is 0 Å². The number of carboxylic acid groups (broad SMARTS) is 1.